The molecule has 8 rings (SSSR count). The van der Waals surface area contributed by atoms with E-state index < -0.39 is 30.5 Å². The number of nitrogens with two attached hydrogens (primary N) is 1. The zero-order chi connectivity index (χ0) is 58.3. The molecule has 8 aromatic rings. The topological polar surface area (TPSA) is 302 Å². The van der Waals surface area contributed by atoms with Gasteiger partial charge in [0.1, 0.15) is 17.0 Å². The molecule has 8 N–H and O–H groups in total. The van der Waals surface area contributed by atoms with Gasteiger partial charge in [-0.2, -0.15) is 0 Å². The lowest BCUT2D eigenvalue weighted by atomic mass is 9.81. The number of halogens is 4. The number of hydrazine groups is 2. The average Bonchev–Trinajstić information content (AvgIpc) is 4.17. The molecule has 2 amide bonds. The molecule has 0 atom stereocenters. The van der Waals surface area contributed by atoms with Crippen molar-refractivity contribution in [2.24, 2.45) is 10.8 Å². The van der Waals surface area contributed by atoms with Crippen LogP contribution in [0.2, 0.25) is 0 Å². The van der Waals surface area contributed by atoms with Gasteiger partial charge in [-0.1, -0.05) is 13.0 Å². The lowest BCUT2D eigenvalue weighted by Gasteiger charge is -2.23. The van der Waals surface area contributed by atoms with Gasteiger partial charge >= 0.3 is 19.3 Å². The Morgan fingerprint density at radius 3 is 1.56 bits per heavy atom. The fourth-order valence-electron chi connectivity index (χ4n) is 5.60. The molecule has 0 spiro atoms. The highest BCUT2D eigenvalue weighted by molar-refractivity contribution is 9.11. The number of hydrogen-bond acceptors (Lipinski definition) is 20. The van der Waals surface area contributed by atoms with Crippen LogP contribution in [0.5, 0.6) is 0 Å². The Balaban J connectivity index is 0.000000259. The van der Waals surface area contributed by atoms with Crippen molar-refractivity contribution < 1.29 is 29.1 Å². The fourth-order valence-corrected chi connectivity index (χ4v) is 7.22. The zero-order valence-corrected chi connectivity index (χ0v) is 52.1. The number of thiocarbonyl (C=S) groups is 2. The summed E-state index contributed by atoms with van der Waals surface area (Å²) in [5, 5.41) is 48.0. The molecule has 0 aromatic carbocycles. The second kappa shape index (κ2) is 31.9. The number of carbonyl (C=O) groups is 2. The van der Waals surface area contributed by atoms with Crippen molar-refractivity contribution in [2.45, 2.75) is 66.1 Å². The van der Waals surface area contributed by atoms with Crippen molar-refractivity contribution in [3.8, 4) is 0 Å². The molecule has 0 bridgehead atoms. The number of nitrogens with one attached hydrogen (secondary N) is 4. The van der Waals surface area contributed by atoms with Crippen LogP contribution in [0.3, 0.4) is 0 Å². The summed E-state index contributed by atoms with van der Waals surface area (Å²) in [5.74, 6) is 8.08. The second-order valence-electron chi connectivity index (χ2n) is 17.1. The van der Waals surface area contributed by atoms with Gasteiger partial charge in [-0.05, 0) is 184 Å². The highest BCUT2D eigenvalue weighted by Gasteiger charge is 2.26. The molecule has 0 aliphatic rings. The number of fused-ring (bicyclic) bond motifs is 3. The van der Waals surface area contributed by atoms with E-state index in [9.17, 15) is 19.6 Å². The van der Waals surface area contributed by atoms with Gasteiger partial charge in [0.25, 0.3) is 0 Å². The number of pyridine rings is 5. The molecule has 0 radical (unpaired) electrons. The highest BCUT2D eigenvalue weighted by Crippen LogP contribution is 2.22. The van der Waals surface area contributed by atoms with Crippen LogP contribution in [-0.2, 0) is 15.9 Å². The summed E-state index contributed by atoms with van der Waals surface area (Å²) in [5.41, 5.74) is 8.87. The minimum atomic E-state index is -1.67. The number of ether oxygens (including phenoxy) is 2. The van der Waals surface area contributed by atoms with Gasteiger partial charge in [-0.15, -0.1) is 30.6 Å². The third kappa shape index (κ3) is 20.5. The van der Waals surface area contributed by atoms with Crippen LogP contribution in [0, 0.1) is 0 Å². The lowest BCUT2D eigenvalue weighted by Crippen LogP contribution is -2.36. The van der Waals surface area contributed by atoms with Gasteiger partial charge < -0.3 is 30.3 Å². The van der Waals surface area contributed by atoms with Crippen molar-refractivity contribution in [1.82, 2.24) is 64.5 Å². The summed E-state index contributed by atoms with van der Waals surface area (Å²) in [6.45, 7) is 12.8. The predicted molar refractivity (Wildman–Crippen MR) is 324 cm³/mol. The number of carbonyl (C=O) groups excluding carboxylic acids is 2. The number of amides is 2. The molecule has 25 nitrogen and oxygen atoms in total. The standard InChI is InChI=1S/C12H17BN4O4.C12H15BrN4O2.C8H8BrN3.C7H9BrN4S.C5H6BrN3.C2H3NS/c1-12(2,3)21-11(18)16(4)10-15-14-9-8(13(19)20)6-5-7-17(9)10;1-12(2,3)19-11(18)16(4)10-15-14-9-8(13)6-5-7-17(9)10;1-2-7-10-11-8-6(9)4-3-5-12(7)8;1-9-7(13)12-11-6-5(8)3-2-4-10-6;6-4-2-1-3-8-5(4)9-7;1-3-2-4/h5-7,19-20H,1-4H3;5-7H,1-4H3;3-5H,2H2,1H3;2-4H,1H3,(H,10,11)(H2,9,12,13);1-3H,7H2,(H,8,9);1H3. The molecule has 0 saturated heterocycles. The first-order chi connectivity index (χ1) is 36.8. The Labute approximate surface area is 494 Å². The predicted octanol–water partition coefficient (Wildman–Crippen LogP) is 7.81. The molecule has 0 aliphatic heterocycles. The lowest BCUT2D eigenvalue weighted by molar-refractivity contribution is 0.0576. The molecule has 0 unspecified atom stereocenters. The average molecular weight is 1370 g/mol. The van der Waals surface area contributed by atoms with Crippen LogP contribution >= 0.6 is 88.2 Å². The van der Waals surface area contributed by atoms with E-state index >= 15 is 0 Å². The summed E-state index contributed by atoms with van der Waals surface area (Å²) in [4.78, 5) is 37.9. The quantitative estimate of drug-likeness (QED) is 0.0263. The number of isothiocyanates is 1. The van der Waals surface area contributed by atoms with Crippen LogP contribution < -0.4 is 42.7 Å². The van der Waals surface area contributed by atoms with Crippen LogP contribution in [0.25, 0.3) is 16.9 Å². The van der Waals surface area contributed by atoms with Gasteiger partial charge in [0.15, 0.2) is 33.7 Å². The minimum absolute atomic E-state index is 0.203. The number of nitrogens with zero attached hydrogens (tertiary/aromatic N) is 14. The smallest absolute Gasteiger partial charge is 0.443 e. The van der Waals surface area contributed by atoms with E-state index in [0.717, 1.165) is 35.8 Å². The van der Waals surface area contributed by atoms with E-state index in [-0.39, 0.29) is 17.1 Å². The van der Waals surface area contributed by atoms with E-state index in [1.54, 1.807) is 77.2 Å². The number of hydrogen-bond donors (Lipinski definition) is 7. The Hall–Kier alpha value is -6.35. The Morgan fingerprint density at radius 1 is 0.718 bits per heavy atom. The maximum atomic E-state index is 12.0. The van der Waals surface area contributed by atoms with Gasteiger partial charge in [0.2, 0.25) is 11.9 Å². The maximum Gasteiger partial charge on any atom is 0.492 e. The summed E-state index contributed by atoms with van der Waals surface area (Å²) >= 11 is 22.4. The van der Waals surface area contributed by atoms with E-state index in [1.807, 2.05) is 79.9 Å². The normalized spacial score (nSPS) is 10.4. The molecule has 8 heterocycles. The fraction of sp³-hybridized carbons (Fsp3) is 0.304. The Kier molecular flexibility index (Phi) is 27.0. The number of aryl methyl sites for hydroxylation is 1. The van der Waals surface area contributed by atoms with Crippen molar-refractivity contribution in [1.29, 1.82) is 0 Å². The second-order valence-corrected chi connectivity index (χ2v) is 21.1. The van der Waals surface area contributed by atoms with Gasteiger partial charge in [-0.3, -0.25) is 24.1 Å². The third-order valence-electron chi connectivity index (χ3n) is 9.07. The van der Waals surface area contributed by atoms with Crippen LogP contribution in [-0.4, -0.2) is 133 Å². The van der Waals surface area contributed by atoms with E-state index in [2.05, 4.69) is 155 Å². The van der Waals surface area contributed by atoms with Crippen molar-refractivity contribution >= 4 is 164 Å². The Bertz CT molecular complexity index is 3280. The molecular formula is C46H58BBr4N19O6S2. The maximum absolute atomic E-state index is 12.0. The van der Waals surface area contributed by atoms with Crippen LogP contribution in [0.1, 0.15) is 54.3 Å². The summed E-state index contributed by atoms with van der Waals surface area (Å²) in [6, 6.07) is 18.2. The zero-order valence-electron chi connectivity index (χ0n) is 44.1. The molecule has 416 valence electrons. The number of aliphatic imine (C=N–C) groups is 1. The highest BCUT2D eigenvalue weighted by atomic mass is 79.9. The number of anilines is 4. The number of rotatable bonds is 7. The van der Waals surface area contributed by atoms with Crippen molar-refractivity contribution in [3.05, 3.63) is 115 Å². The van der Waals surface area contributed by atoms with E-state index in [4.69, 9.17) is 27.5 Å². The van der Waals surface area contributed by atoms with Crippen molar-refractivity contribution in [2.75, 3.05) is 48.8 Å². The number of aromatic nitrogens is 11. The van der Waals surface area contributed by atoms with Crippen molar-refractivity contribution in [3.63, 3.8) is 0 Å². The van der Waals surface area contributed by atoms with Gasteiger partial charge in [0, 0.05) is 71.1 Å². The molecule has 32 heteroatoms. The van der Waals surface area contributed by atoms with Gasteiger partial charge in [-0.25, -0.2) is 40.2 Å². The SMILES string of the molecule is CCc1nnc2c(Br)cccn12.CN(C(=O)OC(C)(C)C)c1nnc2c(B(O)O)cccn12.CN(C(=O)OC(C)(C)C)c1nnc2c(Br)cccn12.CN=C=S.CNC(=S)NNc1ncccc1Br.NNc1ncccc1Br. The first kappa shape index (κ1) is 65.9. The largest absolute Gasteiger partial charge is 0.492 e. The third-order valence-corrected chi connectivity index (χ3v) is 12.1. The van der Waals surface area contributed by atoms with E-state index in [1.165, 1.54) is 27.3 Å². The summed E-state index contributed by atoms with van der Waals surface area (Å²) < 4.78 is 19.3. The molecule has 0 fully saturated rings. The molecule has 0 aliphatic carbocycles. The number of nitrogen functional groups attached to an aromatic ring is 1. The monoisotopic (exact) mass is 1360 g/mol. The van der Waals surface area contributed by atoms with Gasteiger partial charge in [0.05, 0.1) is 23.1 Å². The van der Waals surface area contributed by atoms with E-state index in [0.29, 0.717) is 28.3 Å². The molecule has 8 aromatic heterocycles. The first-order valence-corrected chi connectivity index (χ1v) is 26.8. The molecular weight excluding hydrogens is 1310 g/mol. The van der Waals surface area contributed by atoms with Crippen LogP contribution in [0.15, 0.2) is 115 Å². The van der Waals surface area contributed by atoms with Crippen LogP contribution in [0.4, 0.5) is 33.1 Å². The molecule has 0 saturated carbocycles. The molecule has 78 heavy (non-hydrogen) atoms. The first-order valence-electron chi connectivity index (χ1n) is 22.8. The Morgan fingerprint density at radius 2 is 1.14 bits per heavy atom. The summed E-state index contributed by atoms with van der Waals surface area (Å²) in [7, 11) is 4.77. The summed E-state index contributed by atoms with van der Waals surface area (Å²) in [6.07, 6.45) is 8.59. The minimum Gasteiger partial charge on any atom is -0.443 e.